The van der Waals surface area contributed by atoms with Crippen LogP contribution in [0.15, 0.2) is 23.5 Å². The Hall–Kier alpha value is -0.840. The van der Waals surface area contributed by atoms with E-state index in [1.54, 1.807) is 0 Å². The Balaban J connectivity index is 1.76. The molecule has 2 unspecified atom stereocenters. The van der Waals surface area contributed by atoms with Crippen LogP contribution in [0.1, 0.15) is 53.4 Å². The molecule has 4 nitrogen and oxygen atoms in total. The summed E-state index contributed by atoms with van der Waals surface area (Å²) >= 11 is 0. The molecule has 0 radical (unpaired) electrons. The Morgan fingerprint density at radius 1 is 1.24 bits per heavy atom. The van der Waals surface area contributed by atoms with E-state index in [1.165, 1.54) is 11.1 Å². The smallest absolute Gasteiger partial charge is 0.121 e. The molecule has 4 heteroatoms. The predicted molar refractivity (Wildman–Crippen MR) is 95.8 cm³/mol. The average Bonchev–Trinajstić information content (AvgIpc) is 2.92. The summed E-state index contributed by atoms with van der Waals surface area (Å²) < 4.78 is 12.0. The van der Waals surface area contributed by atoms with Gasteiger partial charge in [-0.2, -0.15) is 0 Å². The standard InChI is InChI=1S/C21H32O4/c1-12(2)14-7-9-21(23)19(4)8-6-15-13(3)24-10-16(15)17(19)11-25-20(21,5)18(14)22/h12,14,17-18,22-23H,3,6-11H2,1-2,4-5H3/t14?,17?,18-,19+,20-,21-/m1/s1. The summed E-state index contributed by atoms with van der Waals surface area (Å²) in [5, 5.41) is 23.1. The van der Waals surface area contributed by atoms with Gasteiger partial charge in [-0.1, -0.05) is 27.4 Å². The molecule has 4 aliphatic rings. The zero-order valence-electron chi connectivity index (χ0n) is 16.0. The zero-order valence-corrected chi connectivity index (χ0v) is 16.0. The van der Waals surface area contributed by atoms with Gasteiger partial charge in [0.05, 0.1) is 12.7 Å². The second kappa shape index (κ2) is 5.34. The van der Waals surface area contributed by atoms with Crippen LogP contribution in [0.4, 0.5) is 0 Å². The van der Waals surface area contributed by atoms with Gasteiger partial charge in [0.25, 0.3) is 0 Å². The Morgan fingerprint density at radius 3 is 2.64 bits per heavy atom. The van der Waals surface area contributed by atoms with E-state index in [9.17, 15) is 10.2 Å². The third-order valence-electron chi connectivity index (χ3n) is 8.19. The van der Waals surface area contributed by atoms with Crippen LogP contribution in [-0.4, -0.2) is 40.7 Å². The first kappa shape index (κ1) is 17.6. The number of aliphatic hydroxyl groups excluding tert-OH is 1. The Labute approximate surface area is 150 Å². The van der Waals surface area contributed by atoms with Crippen molar-refractivity contribution in [2.45, 2.75) is 70.7 Å². The molecule has 6 atom stereocenters. The van der Waals surface area contributed by atoms with Gasteiger partial charge in [0.2, 0.25) is 0 Å². The first-order valence-electron chi connectivity index (χ1n) is 9.74. The summed E-state index contributed by atoms with van der Waals surface area (Å²) in [7, 11) is 0. The molecule has 0 aromatic carbocycles. The maximum atomic E-state index is 12.0. The molecule has 0 spiro atoms. The molecule has 1 saturated carbocycles. The summed E-state index contributed by atoms with van der Waals surface area (Å²) in [6.07, 6.45) is 2.65. The summed E-state index contributed by atoms with van der Waals surface area (Å²) in [6, 6.07) is 0. The number of hydrogen-bond acceptors (Lipinski definition) is 4. The predicted octanol–water partition coefficient (Wildman–Crippen LogP) is 3.19. The lowest BCUT2D eigenvalue weighted by atomic mass is 9.47. The lowest BCUT2D eigenvalue weighted by molar-refractivity contribution is -0.336. The Morgan fingerprint density at radius 2 is 1.96 bits per heavy atom. The van der Waals surface area contributed by atoms with Gasteiger partial charge in [0, 0.05) is 11.3 Å². The van der Waals surface area contributed by atoms with Gasteiger partial charge in [-0.25, -0.2) is 0 Å². The number of fused-ring (bicyclic) bond motifs is 4. The Kier molecular flexibility index (Phi) is 3.75. The first-order valence-corrected chi connectivity index (χ1v) is 9.74. The minimum absolute atomic E-state index is 0.136. The topological polar surface area (TPSA) is 58.9 Å². The molecule has 4 rings (SSSR count). The molecule has 0 bridgehead atoms. The molecule has 140 valence electrons. The van der Waals surface area contributed by atoms with Crippen molar-refractivity contribution >= 4 is 0 Å². The lowest BCUT2D eigenvalue weighted by Gasteiger charge is -2.66. The molecule has 2 N–H and O–H groups in total. The summed E-state index contributed by atoms with van der Waals surface area (Å²) in [5.41, 5.74) is 0.232. The molecule has 2 fully saturated rings. The fraction of sp³-hybridized carbons (Fsp3) is 0.810. The van der Waals surface area contributed by atoms with Gasteiger partial charge >= 0.3 is 0 Å². The van der Waals surface area contributed by atoms with E-state index in [-0.39, 0.29) is 17.3 Å². The quantitative estimate of drug-likeness (QED) is 0.764. The van der Waals surface area contributed by atoms with Crippen LogP contribution >= 0.6 is 0 Å². The van der Waals surface area contributed by atoms with Crippen molar-refractivity contribution in [2.24, 2.45) is 23.2 Å². The zero-order chi connectivity index (χ0) is 18.2. The molecule has 0 amide bonds. The fourth-order valence-corrected chi connectivity index (χ4v) is 6.30. The molecule has 2 aliphatic heterocycles. The van der Waals surface area contributed by atoms with Crippen molar-refractivity contribution in [1.82, 2.24) is 0 Å². The minimum Gasteiger partial charge on any atom is -0.490 e. The monoisotopic (exact) mass is 348 g/mol. The van der Waals surface area contributed by atoms with Gasteiger partial charge in [-0.15, -0.1) is 0 Å². The lowest BCUT2D eigenvalue weighted by Crippen LogP contribution is -2.76. The van der Waals surface area contributed by atoms with Gasteiger partial charge in [0.1, 0.15) is 23.6 Å². The van der Waals surface area contributed by atoms with E-state index in [0.717, 1.165) is 25.0 Å². The maximum absolute atomic E-state index is 12.0. The third kappa shape index (κ3) is 1.99. The van der Waals surface area contributed by atoms with Gasteiger partial charge in [-0.3, -0.25) is 0 Å². The number of rotatable bonds is 1. The highest BCUT2D eigenvalue weighted by Gasteiger charge is 2.70. The number of aliphatic hydroxyl groups is 2. The van der Waals surface area contributed by atoms with Crippen molar-refractivity contribution in [2.75, 3.05) is 13.2 Å². The van der Waals surface area contributed by atoms with Crippen LogP contribution in [0, 0.1) is 23.2 Å². The largest absolute Gasteiger partial charge is 0.490 e. The van der Waals surface area contributed by atoms with Crippen LogP contribution in [0.2, 0.25) is 0 Å². The first-order chi connectivity index (χ1) is 11.7. The van der Waals surface area contributed by atoms with E-state index >= 15 is 0 Å². The van der Waals surface area contributed by atoms with Crippen molar-refractivity contribution in [1.29, 1.82) is 0 Å². The second-order valence-corrected chi connectivity index (χ2v) is 9.36. The molecule has 0 aromatic rings. The van der Waals surface area contributed by atoms with Crippen molar-refractivity contribution in [3.63, 3.8) is 0 Å². The molecular weight excluding hydrogens is 316 g/mol. The van der Waals surface area contributed by atoms with Crippen LogP contribution in [0.25, 0.3) is 0 Å². The van der Waals surface area contributed by atoms with Crippen LogP contribution in [0.3, 0.4) is 0 Å². The minimum atomic E-state index is -1.03. The number of hydrogen-bond donors (Lipinski definition) is 2. The van der Waals surface area contributed by atoms with E-state index < -0.39 is 17.3 Å². The molecule has 2 heterocycles. The van der Waals surface area contributed by atoms with E-state index in [1.807, 2.05) is 6.92 Å². The van der Waals surface area contributed by atoms with E-state index in [2.05, 4.69) is 27.4 Å². The van der Waals surface area contributed by atoms with Crippen LogP contribution < -0.4 is 0 Å². The molecule has 2 aliphatic carbocycles. The van der Waals surface area contributed by atoms with E-state index in [0.29, 0.717) is 25.6 Å². The van der Waals surface area contributed by atoms with Crippen molar-refractivity contribution in [3.05, 3.63) is 23.5 Å². The molecule has 1 saturated heterocycles. The van der Waals surface area contributed by atoms with Gasteiger partial charge < -0.3 is 19.7 Å². The van der Waals surface area contributed by atoms with Crippen molar-refractivity contribution < 1.29 is 19.7 Å². The fourth-order valence-electron chi connectivity index (χ4n) is 6.30. The van der Waals surface area contributed by atoms with E-state index in [4.69, 9.17) is 9.47 Å². The summed E-state index contributed by atoms with van der Waals surface area (Å²) in [6.45, 7) is 13.6. The maximum Gasteiger partial charge on any atom is 0.121 e. The second-order valence-electron chi connectivity index (χ2n) is 9.36. The highest BCUT2D eigenvalue weighted by Crippen LogP contribution is 2.64. The highest BCUT2D eigenvalue weighted by atomic mass is 16.5. The highest BCUT2D eigenvalue weighted by molar-refractivity contribution is 5.41. The summed E-state index contributed by atoms with van der Waals surface area (Å²) in [5.74, 6) is 1.47. The third-order valence-corrected chi connectivity index (χ3v) is 8.19. The number of ether oxygens (including phenoxy) is 2. The van der Waals surface area contributed by atoms with Gasteiger partial charge in [0.15, 0.2) is 0 Å². The normalized spacial score (nSPS) is 49.6. The molecule has 0 aromatic heterocycles. The van der Waals surface area contributed by atoms with Crippen LogP contribution in [-0.2, 0) is 9.47 Å². The van der Waals surface area contributed by atoms with Gasteiger partial charge in [-0.05, 0) is 55.6 Å². The molecule has 25 heavy (non-hydrogen) atoms. The molecular formula is C21H32O4. The number of allylic oxidation sites excluding steroid dienone is 1. The van der Waals surface area contributed by atoms with Crippen molar-refractivity contribution in [3.8, 4) is 0 Å². The SMILES string of the molecule is C=C1OCC2=C1CC[C@@]1(C)C2CO[C@]2(C)[C@H](O)C(C(C)C)CC[C@@]12O. The summed E-state index contributed by atoms with van der Waals surface area (Å²) in [4.78, 5) is 0. The average molecular weight is 348 g/mol. The van der Waals surface area contributed by atoms with Crippen LogP contribution in [0.5, 0.6) is 0 Å². The Bertz CT molecular complexity index is 638.